The van der Waals surface area contributed by atoms with Gasteiger partial charge in [0.15, 0.2) is 0 Å². The molecule has 1 saturated heterocycles. The van der Waals surface area contributed by atoms with Crippen molar-refractivity contribution in [1.29, 1.82) is 0 Å². The Bertz CT molecular complexity index is 1160. The number of rotatable bonds is 7. The fourth-order valence-electron chi connectivity index (χ4n) is 3.68. The topological polar surface area (TPSA) is 91.0 Å². The van der Waals surface area contributed by atoms with E-state index >= 15 is 0 Å². The maximum Gasteiger partial charge on any atom is 0.421 e. The molecule has 0 radical (unpaired) electrons. The van der Waals surface area contributed by atoms with Crippen molar-refractivity contribution in [2.45, 2.75) is 31.6 Å². The number of hydrogen-bond donors (Lipinski definition) is 4. The van der Waals surface area contributed by atoms with Crippen LogP contribution in [-0.4, -0.2) is 35.0 Å². The third kappa shape index (κ3) is 6.66. The van der Waals surface area contributed by atoms with Gasteiger partial charge in [0, 0.05) is 36.6 Å². The molecule has 0 spiro atoms. The van der Waals surface area contributed by atoms with E-state index in [1.54, 1.807) is 24.3 Å². The summed E-state index contributed by atoms with van der Waals surface area (Å²) in [6, 6.07) is 12.0. The van der Waals surface area contributed by atoms with Crippen molar-refractivity contribution in [2.75, 3.05) is 23.7 Å². The van der Waals surface area contributed by atoms with Crippen LogP contribution in [0.3, 0.4) is 0 Å². The van der Waals surface area contributed by atoms with Crippen LogP contribution in [0.1, 0.15) is 34.3 Å². The van der Waals surface area contributed by atoms with Gasteiger partial charge in [0.05, 0.1) is 0 Å². The summed E-state index contributed by atoms with van der Waals surface area (Å²) >= 11 is 0. The van der Waals surface area contributed by atoms with Crippen LogP contribution in [0.4, 0.5) is 35.0 Å². The molecular weight excluding hydrogens is 464 g/mol. The lowest BCUT2D eigenvalue weighted by molar-refractivity contribution is -0.137. The van der Waals surface area contributed by atoms with E-state index in [0.29, 0.717) is 29.6 Å². The van der Waals surface area contributed by atoms with Gasteiger partial charge in [-0.15, -0.1) is 0 Å². The van der Waals surface area contributed by atoms with E-state index in [1.807, 2.05) is 0 Å². The van der Waals surface area contributed by atoms with E-state index < -0.39 is 23.4 Å². The average Bonchev–Trinajstić information content (AvgIpc) is 2.84. The van der Waals surface area contributed by atoms with Gasteiger partial charge in [0.25, 0.3) is 5.91 Å². The summed E-state index contributed by atoms with van der Waals surface area (Å²) in [5.41, 5.74) is 0.407. The smallest absolute Gasteiger partial charge is 0.365 e. The van der Waals surface area contributed by atoms with Crippen molar-refractivity contribution < 1.29 is 22.4 Å². The highest BCUT2D eigenvalue weighted by Crippen LogP contribution is 2.34. The molecule has 1 fully saturated rings. The van der Waals surface area contributed by atoms with Gasteiger partial charge in [-0.05, 0) is 55.3 Å². The van der Waals surface area contributed by atoms with Crippen molar-refractivity contribution in [2.24, 2.45) is 0 Å². The van der Waals surface area contributed by atoms with E-state index in [0.717, 1.165) is 19.4 Å². The minimum absolute atomic E-state index is 0.00545. The van der Waals surface area contributed by atoms with Crippen molar-refractivity contribution in [3.8, 4) is 0 Å². The molecule has 0 unspecified atom stereocenters. The molecule has 1 amide bonds. The summed E-state index contributed by atoms with van der Waals surface area (Å²) in [6.07, 6.45) is -2.11. The molecule has 0 saturated carbocycles. The highest BCUT2D eigenvalue weighted by atomic mass is 19.4. The fraction of sp³-hybridized carbons (Fsp3) is 0.292. The molecule has 3 aromatic rings. The number of nitrogens with one attached hydrogen (secondary N) is 4. The highest BCUT2D eigenvalue weighted by Gasteiger charge is 2.35. The third-order valence-electron chi connectivity index (χ3n) is 5.48. The Labute approximate surface area is 199 Å². The van der Waals surface area contributed by atoms with Gasteiger partial charge in [-0.25, -0.2) is 9.37 Å². The Hall–Kier alpha value is -3.73. The van der Waals surface area contributed by atoms with Crippen LogP contribution in [0.15, 0.2) is 54.7 Å². The number of nitrogens with zero attached hydrogens (tertiary/aromatic N) is 2. The van der Waals surface area contributed by atoms with Crippen molar-refractivity contribution in [1.82, 2.24) is 20.6 Å². The van der Waals surface area contributed by atoms with Crippen LogP contribution in [0, 0.1) is 5.82 Å². The predicted molar refractivity (Wildman–Crippen MR) is 124 cm³/mol. The maximum absolute atomic E-state index is 13.5. The quantitative estimate of drug-likeness (QED) is 0.367. The van der Waals surface area contributed by atoms with Crippen molar-refractivity contribution >= 4 is 23.4 Å². The second kappa shape index (κ2) is 10.7. The Morgan fingerprint density at radius 1 is 1.14 bits per heavy atom. The SMILES string of the molecule is O=C(N[C@@H]1CCCNC1)c1cccc(Nc2ncc(C(F)(F)F)c(NCc3ccc(F)cc3)n2)c1. The third-order valence-corrected chi connectivity index (χ3v) is 5.48. The summed E-state index contributed by atoms with van der Waals surface area (Å²) in [7, 11) is 0. The molecule has 2 heterocycles. The molecule has 1 aliphatic rings. The summed E-state index contributed by atoms with van der Waals surface area (Å²) < 4.78 is 53.5. The minimum Gasteiger partial charge on any atom is -0.365 e. The van der Waals surface area contributed by atoms with Crippen LogP contribution in [0.25, 0.3) is 0 Å². The molecule has 4 N–H and O–H groups in total. The number of hydrogen-bond acceptors (Lipinski definition) is 6. The van der Waals surface area contributed by atoms with Crippen LogP contribution < -0.4 is 21.3 Å². The number of alkyl halides is 3. The highest BCUT2D eigenvalue weighted by molar-refractivity contribution is 5.95. The van der Waals surface area contributed by atoms with E-state index in [9.17, 15) is 22.4 Å². The number of anilines is 3. The van der Waals surface area contributed by atoms with Gasteiger partial charge in [-0.1, -0.05) is 18.2 Å². The molecule has 184 valence electrons. The van der Waals surface area contributed by atoms with Gasteiger partial charge in [-0.2, -0.15) is 18.2 Å². The van der Waals surface area contributed by atoms with Crippen LogP contribution in [0.2, 0.25) is 0 Å². The lowest BCUT2D eigenvalue weighted by Crippen LogP contribution is -2.45. The molecule has 7 nitrogen and oxygen atoms in total. The summed E-state index contributed by atoms with van der Waals surface area (Å²) in [5.74, 6) is -1.17. The summed E-state index contributed by atoms with van der Waals surface area (Å²) in [4.78, 5) is 20.4. The number of carbonyl (C=O) groups excluding carboxylic acids is 1. The molecule has 1 aliphatic heterocycles. The molecule has 35 heavy (non-hydrogen) atoms. The van der Waals surface area contributed by atoms with Gasteiger partial charge in [0.2, 0.25) is 5.95 Å². The zero-order valence-electron chi connectivity index (χ0n) is 18.6. The standard InChI is InChI=1S/C24H24F4N6O/c25-17-8-6-15(7-9-17)12-30-21-20(24(26,27)28)14-31-23(34-21)33-18-4-1-3-16(11-18)22(35)32-19-5-2-10-29-13-19/h1,3-4,6-9,11,14,19,29H,2,5,10,12-13H2,(H,32,35)(H2,30,31,33,34)/t19-/m1/s1. The number of amides is 1. The van der Waals surface area contributed by atoms with Gasteiger partial charge in [0.1, 0.15) is 17.2 Å². The Balaban J connectivity index is 1.49. The number of halogens is 4. The molecule has 11 heteroatoms. The van der Waals surface area contributed by atoms with E-state index in [1.165, 1.54) is 24.3 Å². The second-order valence-electron chi connectivity index (χ2n) is 8.16. The Morgan fingerprint density at radius 2 is 1.94 bits per heavy atom. The molecule has 2 aromatic carbocycles. The fourth-order valence-corrected chi connectivity index (χ4v) is 3.68. The molecule has 4 rings (SSSR count). The number of carbonyl (C=O) groups is 1. The van der Waals surface area contributed by atoms with Gasteiger partial charge < -0.3 is 21.3 Å². The van der Waals surface area contributed by atoms with Crippen molar-refractivity contribution in [3.63, 3.8) is 0 Å². The van der Waals surface area contributed by atoms with E-state index in [-0.39, 0.29) is 24.4 Å². The molecule has 0 aliphatic carbocycles. The Morgan fingerprint density at radius 3 is 2.66 bits per heavy atom. The first kappa shape index (κ1) is 24.4. The molecular formula is C24H24F4N6O. The first-order valence-corrected chi connectivity index (χ1v) is 11.1. The average molecular weight is 488 g/mol. The van der Waals surface area contributed by atoms with Crippen LogP contribution >= 0.6 is 0 Å². The lowest BCUT2D eigenvalue weighted by atomic mass is 10.1. The van der Waals surface area contributed by atoms with Gasteiger partial charge in [-0.3, -0.25) is 4.79 Å². The molecule has 0 bridgehead atoms. The monoisotopic (exact) mass is 488 g/mol. The van der Waals surface area contributed by atoms with Crippen LogP contribution in [-0.2, 0) is 12.7 Å². The largest absolute Gasteiger partial charge is 0.421 e. The molecule has 1 aromatic heterocycles. The summed E-state index contributed by atoms with van der Waals surface area (Å²) in [5, 5.41) is 11.7. The van der Waals surface area contributed by atoms with Crippen LogP contribution in [0.5, 0.6) is 0 Å². The first-order chi connectivity index (χ1) is 16.8. The number of benzene rings is 2. The summed E-state index contributed by atoms with van der Waals surface area (Å²) in [6.45, 7) is 1.64. The lowest BCUT2D eigenvalue weighted by Gasteiger charge is -2.23. The number of piperidine rings is 1. The zero-order chi connectivity index (χ0) is 24.8. The van der Waals surface area contributed by atoms with E-state index in [2.05, 4.69) is 31.2 Å². The predicted octanol–water partition coefficient (Wildman–Crippen LogP) is 4.47. The molecule has 1 atom stereocenters. The minimum atomic E-state index is -4.67. The van der Waals surface area contributed by atoms with Gasteiger partial charge >= 0.3 is 6.18 Å². The van der Waals surface area contributed by atoms with Crippen molar-refractivity contribution in [3.05, 3.63) is 77.2 Å². The number of aromatic nitrogens is 2. The maximum atomic E-state index is 13.5. The normalized spacial score (nSPS) is 15.9. The zero-order valence-corrected chi connectivity index (χ0v) is 18.6. The Kier molecular flexibility index (Phi) is 7.45. The second-order valence-corrected chi connectivity index (χ2v) is 8.16. The van der Waals surface area contributed by atoms with E-state index in [4.69, 9.17) is 0 Å². The first-order valence-electron chi connectivity index (χ1n) is 11.1.